The smallest absolute Gasteiger partial charge is 0.245 e. The molecule has 2 aromatic heterocycles. The number of halogens is 1. The minimum Gasteiger partial charge on any atom is -0.345 e. The molecule has 0 saturated carbocycles. The van der Waals surface area contributed by atoms with Crippen molar-refractivity contribution in [3.8, 4) is 0 Å². The lowest BCUT2D eigenvalue weighted by Crippen LogP contribution is -2.33. The van der Waals surface area contributed by atoms with E-state index in [1.807, 2.05) is 6.92 Å². The molecule has 1 aliphatic rings. The molecule has 0 spiro atoms. The van der Waals surface area contributed by atoms with Gasteiger partial charge < -0.3 is 4.98 Å². The van der Waals surface area contributed by atoms with Gasteiger partial charge in [-0.2, -0.15) is 4.31 Å². The Hall–Kier alpha value is -0.960. The minimum atomic E-state index is -3.69. The molecule has 1 fully saturated rings. The molecule has 0 aromatic carbocycles. The van der Waals surface area contributed by atoms with Gasteiger partial charge >= 0.3 is 0 Å². The minimum absolute atomic E-state index is 0.00780. The number of pyridine rings is 1. The third-order valence-electron chi connectivity index (χ3n) is 3.88. The topological polar surface area (TPSA) is 83.1 Å². The van der Waals surface area contributed by atoms with E-state index in [1.165, 1.54) is 16.7 Å². The average Bonchev–Trinajstić information content (AvgIpc) is 2.85. The van der Waals surface area contributed by atoms with Crippen LogP contribution in [0.3, 0.4) is 0 Å². The molecule has 120 valence electrons. The summed E-state index contributed by atoms with van der Waals surface area (Å²) in [7, 11) is -4.68. The number of nitrogens with zero attached hydrogens (tertiary/aromatic N) is 2. The Balaban J connectivity index is 2.03. The van der Waals surface area contributed by atoms with Crippen molar-refractivity contribution in [1.29, 1.82) is 0 Å². The number of rotatable bonds is 2. The zero-order chi connectivity index (χ0) is 15.9. The van der Waals surface area contributed by atoms with Crippen LogP contribution in [0.25, 0.3) is 11.0 Å². The van der Waals surface area contributed by atoms with Crippen LogP contribution in [-0.4, -0.2) is 51.0 Å². The van der Waals surface area contributed by atoms with Crippen molar-refractivity contribution < 1.29 is 12.6 Å². The molecule has 0 aliphatic carbocycles. The van der Waals surface area contributed by atoms with Crippen LogP contribution < -0.4 is 0 Å². The molecule has 3 rings (SSSR count). The maximum atomic E-state index is 12.9. The molecule has 0 amide bonds. The van der Waals surface area contributed by atoms with Crippen molar-refractivity contribution in [2.24, 2.45) is 0 Å². The lowest BCUT2D eigenvalue weighted by Gasteiger charge is -2.19. The first-order valence-corrected chi connectivity index (χ1v) is 10.1. The van der Waals surface area contributed by atoms with Crippen LogP contribution in [-0.2, 0) is 20.8 Å². The monoisotopic (exact) mass is 361 g/mol. The second-order valence-corrected chi connectivity index (χ2v) is 9.55. The molecular weight excluding hydrogens is 346 g/mol. The first kappa shape index (κ1) is 15.9. The summed E-state index contributed by atoms with van der Waals surface area (Å²) in [6.07, 6.45) is 3.53. The summed E-state index contributed by atoms with van der Waals surface area (Å²) in [5, 5.41) is 0.757. The summed E-state index contributed by atoms with van der Waals surface area (Å²) in [5.41, 5.74) is 0.442. The van der Waals surface area contributed by atoms with E-state index in [2.05, 4.69) is 9.97 Å². The summed E-state index contributed by atoms with van der Waals surface area (Å²) < 4.78 is 39.1. The molecule has 2 atom stereocenters. The fraction of sp³-hybridized carbons (Fsp3) is 0.462. The van der Waals surface area contributed by atoms with Gasteiger partial charge in [0.05, 0.1) is 10.4 Å². The van der Waals surface area contributed by atoms with Gasteiger partial charge in [-0.1, -0.05) is 18.5 Å². The van der Waals surface area contributed by atoms with Crippen LogP contribution >= 0.6 is 11.6 Å². The molecular formula is C13H16ClN3O3S2. The van der Waals surface area contributed by atoms with E-state index in [-0.39, 0.29) is 16.7 Å². The number of fused-ring (bicyclic) bond motifs is 1. The van der Waals surface area contributed by atoms with Gasteiger partial charge in [-0.15, -0.1) is 0 Å². The van der Waals surface area contributed by atoms with Crippen molar-refractivity contribution in [2.75, 3.05) is 18.8 Å². The average molecular weight is 362 g/mol. The van der Waals surface area contributed by atoms with Crippen molar-refractivity contribution in [1.82, 2.24) is 14.3 Å². The fourth-order valence-electron chi connectivity index (χ4n) is 2.53. The summed E-state index contributed by atoms with van der Waals surface area (Å²) >= 11 is 6.14. The van der Waals surface area contributed by atoms with E-state index in [4.69, 9.17) is 11.6 Å². The van der Waals surface area contributed by atoms with Gasteiger partial charge in [0.2, 0.25) is 10.0 Å². The zero-order valence-corrected chi connectivity index (χ0v) is 14.3. The SMILES string of the molecule is C[C@@H]1CCN(S(=O)(=O)c2c[nH]c3nccc(Cl)c23)CC[S@]1=O. The highest BCUT2D eigenvalue weighted by Crippen LogP contribution is 2.30. The highest BCUT2D eigenvalue weighted by atomic mass is 35.5. The molecule has 1 N–H and O–H groups in total. The summed E-state index contributed by atoms with van der Waals surface area (Å²) in [6, 6.07) is 1.57. The molecule has 0 unspecified atom stereocenters. The van der Waals surface area contributed by atoms with Crippen LogP contribution in [0, 0.1) is 0 Å². The third-order valence-corrected chi connectivity index (χ3v) is 7.84. The lowest BCUT2D eigenvalue weighted by molar-refractivity contribution is 0.429. The van der Waals surface area contributed by atoms with Crippen molar-refractivity contribution in [3.05, 3.63) is 23.5 Å². The maximum Gasteiger partial charge on any atom is 0.245 e. The second-order valence-electron chi connectivity index (χ2n) is 5.26. The number of aromatic nitrogens is 2. The van der Waals surface area contributed by atoms with Gasteiger partial charge in [-0.05, 0) is 12.5 Å². The standard InChI is InChI=1S/C13H16ClN3O3S2/c1-9-3-5-17(6-7-21(9)18)22(19,20)11-8-16-13-12(11)10(14)2-4-15-13/h2,4,8-9H,3,5-7H2,1H3,(H,15,16)/t9-,21-/m1/s1. The predicted molar refractivity (Wildman–Crippen MR) is 87.0 cm³/mol. The van der Waals surface area contributed by atoms with Crippen molar-refractivity contribution in [2.45, 2.75) is 23.5 Å². The third kappa shape index (κ3) is 2.68. The predicted octanol–water partition coefficient (Wildman–Crippen LogP) is 1.75. The normalized spacial score (nSPS) is 24.5. The first-order chi connectivity index (χ1) is 10.4. The first-order valence-electron chi connectivity index (χ1n) is 6.90. The molecule has 22 heavy (non-hydrogen) atoms. The Kier molecular flexibility index (Phi) is 4.28. The van der Waals surface area contributed by atoms with Crippen molar-refractivity contribution in [3.63, 3.8) is 0 Å². The highest BCUT2D eigenvalue weighted by molar-refractivity contribution is 7.89. The largest absolute Gasteiger partial charge is 0.345 e. The molecule has 0 bridgehead atoms. The van der Waals surface area contributed by atoms with Gasteiger partial charge in [0.25, 0.3) is 0 Å². The number of H-pyrrole nitrogens is 1. The summed E-state index contributed by atoms with van der Waals surface area (Å²) in [4.78, 5) is 7.06. The summed E-state index contributed by atoms with van der Waals surface area (Å²) in [6.45, 7) is 2.50. The quantitative estimate of drug-likeness (QED) is 0.883. The second kappa shape index (κ2) is 5.92. The van der Waals surface area contributed by atoms with E-state index >= 15 is 0 Å². The zero-order valence-electron chi connectivity index (χ0n) is 12.0. The number of hydrogen-bond acceptors (Lipinski definition) is 4. The van der Waals surface area contributed by atoms with Crippen LogP contribution in [0.2, 0.25) is 5.02 Å². The van der Waals surface area contributed by atoms with Gasteiger partial charge in [-0.3, -0.25) is 4.21 Å². The van der Waals surface area contributed by atoms with Gasteiger partial charge in [-0.25, -0.2) is 13.4 Å². The molecule has 0 radical (unpaired) electrons. The van der Waals surface area contributed by atoms with E-state index in [1.54, 1.807) is 6.07 Å². The Bertz CT molecular complexity index is 834. The molecule has 1 saturated heterocycles. The van der Waals surface area contributed by atoms with E-state index in [9.17, 15) is 12.6 Å². The fourth-order valence-corrected chi connectivity index (χ4v) is 5.75. The van der Waals surface area contributed by atoms with Crippen LogP contribution in [0.1, 0.15) is 13.3 Å². The number of sulfonamides is 1. The van der Waals surface area contributed by atoms with Crippen LogP contribution in [0.5, 0.6) is 0 Å². The maximum absolute atomic E-state index is 12.9. The number of nitrogens with one attached hydrogen (secondary N) is 1. The number of hydrogen-bond donors (Lipinski definition) is 1. The molecule has 3 heterocycles. The van der Waals surface area contributed by atoms with E-state index < -0.39 is 20.8 Å². The number of aromatic amines is 1. The van der Waals surface area contributed by atoms with Gasteiger partial charge in [0.1, 0.15) is 10.5 Å². The Labute approximate surface area is 136 Å². The molecule has 6 nitrogen and oxygen atoms in total. The Morgan fingerprint density at radius 3 is 3.00 bits per heavy atom. The van der Waals surface area contributed by atoms with E-state index in [0.29, 0.717) is 34.8 Å². The molecule has 1 aliphatic heterocycles. The van der Waals surface area contributed by atoms with Crippen molar-refractivity contribution >= 4 is 43.5 Å². The molecule has 9 heteroatoms. The Morgan fingerprint density at radius 1 is 1.45 bits per heavy atom. The molecule has 2 aromatic rings. The van der Waals surface area contributed by atoms with E-state index in [0.717, 1.165) is 0 Å². The van der Waals surface area contributed by atoms with Gasteiger partial charge in [0, 0.05) is 47.3 Å². The summed E-state index contributed by atoms with van der Waals surface area (Å²) in [5.74, 6) is 0.356. The Morgan fingerprint density at radius 2 is 2.23 bits per heavy atom. The van der Waals surface area contributed by atoms with Crippen LogP contribution in [0.15, 0.2) is 23.4 Å². The van der Waals surface area contributed by atoms with Gasteiger partial charge in [0.15, 0.2) is 0 Å². The lowest BCUT2D eigenvalue weighted by atomic mass is 10.3. The highest BCUT2D eigenvalue weighted by Gasteiger charge is 2.31. The van der Waals surface area contributed by atoms with Crippen LogP contribution in [0.4, 0.5) is 0 Å².